The molecule has 0 spiro atoms. The van der Waals surface area contributed by atoms with Crippen molar-refractivity contribution in [3.63, 3.8) is 0 Å². The van der Waals surface area contributed by atoms with Gasteiger partial charge >= 0.3 is 5.97 Å². The first-order valence-corrected chi connectivity index (χ1v) is 8.04. The monoisotopic (exact) mass is 335 g/mol. The second-order valence-electron chi connectivity index (χ2n) is 5.64. The van der Waals surface area contributed by atoms with Gasteiger partial charge in [0.2, 0.25) is 0 Å². The predicted molar refractivity (Wildman–Crippen MR) is 84.4 cm³/mol. The first kappa shape index (κ1) is 15.7. The number of aromatic nitrogens is 2. The second-order valence-corrected chi connectivity index (χ2v) is 6.59. The summed E-state index contributed by atoms with van der Waals surface area (Å²) in [6.45, 7) is 0.610. The van der Waals surface area contributed by atoms with Crippen LogP contribution in [0.4, 0.5) is 0 Å². The van der Waals surface area contributed by atoms with Crippen molar-refractivity contribution in [3.05, 3.63) is 29.3 Å². The van der Waals surface area contributed by atoms with E-state index in [2.05, 4.69) is 10.2 Å². The third kappa shape index (κ3) is 2.87. The maximum absolute atomic E-state index is 12.6. The molecule has 0 bridgehead atoms. The van der Waals surface area contributed by atoms with Crippen molar-refractivity contribution in [2.24, 2.45) is 5.41 Å². The highest BCUT2D eigenvalue weighted by atomic mass is 32.1. The highest BCUT2D eigenvalue weighted by Gasteiger charge is 2.46. The van der Waals surface area contributed by atoms with Gasteiger partial charge in [-0.05, 0) is 23.9 Å². The fourth-order valence-corrected chi connectivity index (χ4v) is 3.52. The van der Waals surface area contributed by atoms with Crippen LogP contribution in [0.2, 0.25) is 0 Å². The average Bonchev–Trinajstić information content (AvgIpc) is 3.27. The maximum Gasteiger partial charge on any atom is 0.313 e. The van der Waals surface area contributed by atoms with E-state index < -0.39 is 11.4 Å². The number of H-pyrrole nitrogens is 1. The van der Waals surface area contributed by atoms with E-state index in [0.29, 0.717) is 18.7 Å². The van der Waals surface area contributed by atoms with E-state index >= 15 is 0 Å². The van der Waals surface area contributed by atoms with Crippen molar-refractivity contribution in [2.75, 3.05) is 26.8 Å². The summed E-state index contributed by atoms with van der Waals surface area (Å²) in [5.41, 5.74) is 0.0491. The quantitative estimate of drug-likeness (QED) is 0.867. The molecule has 2 N–H and O–H groups in total. The smallest absolute Gasteiger partial charge is 0.313 e. The molecular weight excluding hydrogens is 318 g/mol. The Kier molecular flexibility index (Phi) is 4.18. The number of carboxylic acid groups (broad SMARTS) is 1. The number of hydrogen-bond acceptors (Lipinski definition) is 5. The summed E-state index contributed by atoms with van der Waals surface area (Å²) in [5.74, 6) is -1.20. The molecule has 1 atom stereocenters. The Morgan fingerprint density at radius 2 is 2.39 bits per heavy atom. The van der Waals surface area contributed by atoms with Gasteiger partial charge in [-0.15, -0.1) is 11.3 Å². The zero-order chi connectivity index (χ0) is 16.4. The SMILES string of the molecule is COCC1(C(=O)O)CCN(C(=O)c2cc(-c3cccs3)[nH]n2)C1. The molecule has 8 heteroatoms. The summed E-state index contributed by atoms with van der Waals surface area (Å²) in [6, 6.07) is 5.57. The normalized spacial score (nSPS) is 20.8. The molecule has 122 valence electrons. The van der Waals surface area contributed by atoms with E-state index in [9.17, 15) is 14.7 Å². The van der Waals surface area contributed by atoms with E-state index in [4.69, 9.17) is 4.74 Å². The Labute approximate surface area is 136 Å². The van der Waals surface area contributed by atoms with Crippen LogP contribution in [0.15, 0.2) is 23.6 Å². The molecule has 3 heterocycles. The van der Waals surface area contributed by atoms with Gasteiger partial charge in [-0.1, -0.05) is 6.07 Å². The number of nitrogens with one attached hydrogen (secondary N) is 1. The summed E-state index contributed by atoms with van der Waals surface area (Å²) in [6.07, 6.45) is 0.379. The summed E-state index contributed by atoms with van der Waals surface area (Å²) < 4.78 is 5.04. The van der Waals surface area contributed by atoms with Crippen molar-refractivity contribution in [2.45, 2.75) is 6.42 Å². The minimum Gasteiger partial charge on any atom is -0.481 e. The number of aromatic amines is 1. The van der Waals surface area contributed by atoms with Crippen LogP contribution in [0.5, 0.6) is 0 Å². The number of methoxy groups -OCH3 is 1. The Morgan fingerprint density at radius 3 is 3.04 bits per heavy atom. The van der Waals surface area contributed by atoms with Gasteiger partial charge in [0.15, 0.2) is 5.69 Å². The Morgan fingerprint density at radius 1 is 1.57 bits per heavy atom. The molecule has 0 aromatic carbocycles. The van der Waals surface area contributed by atoms with Crippen molar-refractivity contribution in [1.29, 1.82) is 0 Å². The highest BCUT2D eigenvalue weighted by Crippen LogP contribution is 2.32. The average molecular weight is 335 g/mol. The molecule has 1 amide bonds. The number of carbonyl (C=O) groups is 2. The van der Waals surface area contributed by atoms with E-state index in [1.165, 1.54) is 12.0 Å². The fraction of sp³-hybridized carbons (Fsp3) is 0.400. The van der Waals surface area contributed by atoms with Gasteiger partial charge in [0, 0.05) is 20.2 Å². The lowest BCUT2D eigenvalue weighted by Crippen LogP contribution is -2.40. The number of hydrogen-bond donors (Lipinski definition) is 2. The van der Waals surface area contributed by atoms with Crippen molar-refractivity contribution >= 4 is 23.2 Å². The van der Waals surface area contributed by atoms with Crippen LogP contribution in [0.3, 0.4) is 0 Å². The first-order valence-electron chi connectivity index (χ1n) is 7.17. The van der Waals surface area contributed by atoms with E-state index in [0.717, 1.165) is 10.6 Å². The summed E-state index contributed by atoms with van der Waals surface area (Å²) in [4.78, 5) is 26.6. The predicted octanol–water partition coefficient (Wildman–Crippen LogP) is 1.70. The van der Waals surface area contributed by atoms with Crippen LogP contribution >= 0.6 is 11.3 Å². The van der Waals surface area contributed by atoms with Gasteiger partial charge in [0.05, 0.1) is 17.2 Å². The van der Waals surface area contributed by atoms with Gasteiger partial charge < -0.3 is 14.7 Å². The van der Waals surface area contributed by atoms with Crippen LogP contribution < -0.4 is 0 Å². The van der Waals surface area contributed by atoms with E-state index in [-0.39, 0.29) is 19.1 Å². The molecule has 7 nitrogen and oxygen atoms in total. The second kappa shape index (κ2) is 6.13. The minimum atomic E-state index is -1.03. The molecule has 1 fully saturated rings. The topological polar surface area (TPSA) is 95.5 Å². The molecule has 1 saturated heterocycles. The number of thiophene rings is 1. The highest BCUT2D eigenvalue weighted by molar-refractivity contribution is 7.13. The summed E-state index contributed by atoms with van der Waals surface area (Å²) >= 11 is 1.55. The Bertz CT molecular complexity index is 712. The number of amides is 1. The Balaban J connectivity index is 1.76. The zero-order valence-corrected chi connectivity index (χ0v) is 13.4. The molecule has 3 rings (SSSR count). The molecule has 2 aromatic rings. The number of rotatable bonds is 5. The number of likely N-dealkylation sites (tertiary alicyclic amines) is 1. The zero-order valence-electron chi connectivity index (χ0n) is 12.6. The summed E-state index contributed by atoms with van der Waals surface area (Å²) in [7, 11) is 1.47. The molecule has 0 saturated carbocycles. The molecule has 0 radical (unpaired) electrons. The van der Waals surface area contributed by atoms with Gasteiger partial charge in [-0.25, -0.2) is 0 Å². The van der Waals surface area contributed by atoms with Crippen LogP contribution in [-0.2, 0) is 9.53 Å². The lowest BCUT2D eigenvalue weighted by atomic mass is 9.88. The first-order chi connectivity index (χ1) is 11.1. The van der Waals surface area contributed by atoms with Crippen LogP contribution in [0, 0.1) is 5.41 Å². The van der Waals surface area contributed by atoms with Crippen molar-refractivity contribution in [3.8, 4) is 10.6 Å². The van der Waals surface area contributed by atoms with E-state index in [1.54, 1.807) is 17.4 Å². The lowest BCUT2D eigenvalue weighted by Gasteiger charge is -2.23. The van der Waals surface area contributed by atoms with Gasteiger partial charge in [-0.3, -0.25) is 14.7 Å². The molecule has 1 aliphatic rings. The number of carboxylic acids is 1. The molecule has 23 heavy (non-hydrogen) atoms. The number of nitrogens with zero attached hydrogens (tertiary/aromatic N) is 2. The van der Waals surface area contributed by atoms with Gasteiger partial charge in [0.1, 0.15) is 5.41 Å². The lowest BCUT2D eigenvalue weighted by molar-refractivity contribution is -0.151. The van der Waals surface area contributed by atoms with Crippen LogP contribution in [0.1, 0.15) is 16.9 Å². The summed E-state index contributed by atoms with van der Waals surface area (Å²) in [5, 5.41) is 18.3. The van der Waals surface area contributed by atoms with Crippen LogP contribution in [-0.4, -0.2) is 58.9 Å². The molecular formula is C15H17N3O4S. The molecule has 1 unspecified atom stereocenters. The largest absolute Gasteiger partial charge is 0.481 e. The minimum absolute atomic E-state index is 0.0904. The third-order valence-electron chi connectivity index (χ3n) is 4.10. The van der Waals surface area contributed by atoms with Crippen LogP contribution in [0.25, 0.3) is 10.6 Å². The molecule has 2 aromatic heterocycles. The fourth-order valence-electron chi connectivity index (χ4n) is 2.83. The molecule has 0 aliphatic carbocycles. The van der Waals surface area contributed by atoms with Crippen molar-refractivity contribution < 1.29 is 19.4 Å². The van der Waals surface area contributed by atoms with Crippen molar-refractivity contribution in [1.82, 2.24) is 15.1 Å². The van der Waals surface area contributed by atoms with E-state index in [1.807, 2.05) is 17.5 Å². The maximum atomic E-state index is 12.6. The standard InChI is InChI=1S/C15H17N3O4S/c1-22-9-15(14(20)21)4-5-18(8-15)13(19)11-7-10(16-17-11)12-3-2-6-23-12/h2-3,6-7H,4-5,8-9H2,1H3,(H,16,17)(H,20,21). The Hall–Kier alpha value is -2.19. The molecule has 1 aliphatic heterocycles. The van der Waals surface area contributed by atoms with Gasteiger partial charge in [0.25, 0.3) is 5.91 Å². The third-order valence-corrected chi connectivity index (χ3v) is 5.00. The van der Waals surface area contributed by atoms with Gasteiger partial charge in [-0.2, -0.15) is 5.10 Å². The number of carbonyl (C=O) groups excluding carboxylic acids is 1. The number of ether oxygens (including phenoxy) is 1. The number of aliphatic carboxylic acids is 1.